The van der Waals surface area contributed by atoms with Gasteiger partial charge >= 0.3 is 6.09 Å². The molecule has 2 rings (SSSR count). The lowest BCUT2D eigenvalue weighted by molar-refractivity contribution is 0.176. The van der Waals surface area contributed by atoms with Gasteiger partial charge < -0.3 is 10.4 Å². The van der Waals surface area contributed by atoms with Gasteiger partial charge in [-0.05, 0) is 45.2 Å². The van der Waals surface area contributed by atoms with Crippen molar-refractivity contribution in [2.45, 2.75) is 49.6 Å². The first-order valence-electron chi connectivity index (χ1n) is 6.83. The molecular formula is C14H20N2O4S. The topological polar surface area (TPSA) is 95.5 Å². The van der Waals surface area contributed by atoms with E-state index >= 15 is 0 Å². The third kappa shape index (κ3) is 3.54. The number of carbonyl (C=O) groups is 1. The Balaban J connectivity index is 2.19. The molecule has 116 valence electrons. The van der Waals surface area contributed by atoms with E-state index in [9.17, 15) is 13.2 Å². The second-order valence-corrected chi connectivity index (χ2v) is 7.44. The third-order valence-electron chi connectivity index (χ3n) is 3.98. The number of hydrogen-bond donors (Lipinski definition) is 3. The van der Waals surface area contributed by atoms with Crippen molar-refractivity contribution < 1.29 is 18.3 Å². The number of hydrogen-bond acceptors (Lipinski definition) is 3. The maximum Gasteiger partial charge on any atom is 0.405 e. The molecule has 1 fully saturated rings. The van der Waals surface area contributed by atoms with Crippen LogP contribution in [0.2, 0.25) is 0 Å². The molecular weight excluding hydrogens is 292 g/mol. The first-order chi connectivity index (χ1) is 9.73. The first-order valence-corrected chi connectivity index (χ1v) is 8.31. The average Bonchev–Trinajstić information content (AvgIpc) is 2.69. The van der Waals surface area contributed by atoms with Crippen LogP contribution in [0, 0.1) is 6.92 Å². The summed E-state index contributed by atoms with van der Waals surface area (Å²) in [5.41, 5.74) is 0.205. The van der Waals surface area contributed by atoms with Gasteiger partial charge in [0.25, 0.3) is 0 Å². The number of benzene rings is 1. The molecule has 1 amide bonds. The fraction of sp³-hybridized carbons (Fsp3) is 0.500. The van der Waals surface area contributed by atoms with Crippen LogP contribution in [0.15, 0.2) is 29.2 Å². The number of carboxylic acid groups (broad SMARTS) is 1. The molecule has 1 aromatic rings. The molecule has 0 aliphatic heterocycles. The van der Waals surface area contributed by atoms with Crippen molar-refractivity contribution in [2.24, 2.45) is 0 Å². The minimum atomic E-state index is -3.65. The van der Waals surface area contributed by atoms with Crippen LogP contribution < -0.4 is 10.0 Å². The summed E-state index contributed by atoms with van der Waals surface area (Å²) in [5, 5.41) is 11.4. The lowest BCUT2D eigenvalue weighted by Crippen LogP contribution is -2.57. The van der Waals surface area contributed by atoms with Crippen LogP contribution in [-0.4, -0.2) is 31.2 Å². The highest BCUT2D eigenvalue weighted by Crippen LogP contribution is 2.31. The predicted molar refractivity (Wildman–Crippen MR) is 78.7 cm³/mol. The molecule has 0 spiro atoms. The SMILES string of the molecule is Cc1ccc(S(=O)(=O)NC2CCCC2(C)NC(=O)O)cc1. The molecule has 0 aromatic heterocycles. The van der Waals surface area contributed by atoms with Crippen LogP contribution in [0.5, 0.6) is 0 Å². The molecule has 0 saturated heterocycles. The highest BCUT2D eigenvalue weighted by atomic mass is 32.2. The Kier molecular flexibility index (Phi) is 4.25. The van der Waals surface area contributed by atoms with Crippen molar-refractivity contribution in [3.8, 4) is 0 Å². The van der Waals surface area contributed by atoms with E-state index in [-0.39, 0.29) is 4.90 Å². The van der Waals surface area contributed by atoms with Crippen molar-refractivity contribution in [1.82, 2.24) is 10.0 Å². The maximum absolute atomic E-state index is 12.4. The lowest BCUT2D eigenvalue weighted by atomic mass is 9.97. The van der Waals surface area contributed by atoms with Gasteiger partial charge in [0.15, 0.2) is 0 Å². The van der Waals surface area contributed by atoms with Gasteiger partial charge in [0.05, 0.1) is 10.4 Å². The summed E-state index contributed by atoms with van der Waals surface area (Å²) >= 11 is 0. The number of sulfonamides is 1. The predicted octanol–water partition coefficient (Wildman–Crippen LogP) is 1.85. The summed E-state index contributed by atoms with van der Waals surface area (Å²) < 4.78 is 27.4. The highest BCUT2D eigenvalue weighted by Gasteiger charge is 2.42. The number of nitrogens with one attached hydrogen (secondary N) is 2. The monoisotopic (exact) mass is 312 g/mol. The van der Waals surface area contributed by atoms with Gasteiger partial charge in [-0.3, -0.25) is 0 Å². The van der Waals surface area contributed by atoms with Crippen LogP contribution >= 0.6 is 0 Å². The molecule has 7 heteroatoms. The normalized spacial score (nSPS) is 25.7. The van der Waals surface area contributed by atoms with E-state index < -0.39 is 27.7 Å². The van der Waals surface area contributed by atoms with Crippen molar-refractivity contribution >= 4 is 16.1 Å². The zero-order valence-electron chi connectivity index (χ0n) is 12.1. The molecule has 1 saturated carbocycles. The standard InChI is InChI=1S/C14H20N2O4S/c1-10-5-7-11(8-6-10)21(19,20)16-12-4-3-9-14(12,2)15-13(17)18/h5-8,12,15-16H,3-4,9H2,1-2H3,(H,17,18). The number of aryl methyl sites for hydroxylation is 1. The molecule has 0 bridgehead atoms. The molecule has 2 atom stereocenters. The van der Waals surface area contributed by atoms with Gasteiger partial charge in [0.1, 0.15) is 0 Å². The summed E-state index contributed by atoms with van der Waals surface area (Å²) in [4.78, 5) is 11.1. The van der Waals surface area contributed by atoms with Crippen molar-refractivity contribution in [1.29, 1.82) is 0 Å². The number of amides is 1. The largest absolute Gasteiger partial charge is 0.465 e. The van der Waals surface area contributed by atoms with Crippen LogP contribution in [0.1, 0.15) is 31.7 Å². The van der Waals surface area contributed by atoms with Gasteiger partial charge in [0, 0.05) is 6.04 Å². The Labute approximate surface area is 124 Å². The van der Waals surface area contributed by atoms with E-state index in [1.54, 1.807) is 31.2 Å². The van der Waals surface area contributed by atoms with Crippen molar-refractivity contribution in [2.75, 3.05) is 0 Å². The van der Waals surface area contributed by atoms with E-state index in [2.05, 4.69) is 10.0 Å². The summed E-state index contributed by atoms with van der Waals surface area (Å²) in [6, 6.07) is 6.12. The fourth-order valence-corrected chi connectivity index (χ4v) is 4.10. The van der Waals surface area contributed by atoms with E-state index in [0.29, 0.717) is 12.8 Å². The molecule has 21 heavy (non-hydrogen) atoms. The minimum Gasteiger partial charge on any atom is -0.465 e. The summed E-state index contributed by atoms with van der Waals surface area (Å²) in [6.45, 7) is 3.62. The minimum absolute atomic E-state index is 0.192. The summed E-state index contributed by atoms with van der Waals surface area (Å²) in [6.07, 6.45) is 0.860. The van der Waals surface area contributed by atoms with Crippen LogP contribution in [0.3, 0.4) is 0 Å². The van der Waals surface area contributed by atoms with E-state index in [0.717, 1.165) is 12.0 Å². The second-order valence-electron chi connectivity index (χ2n) is 5.73. The first kappa shape index (κ1) is 15.8. The Morgan fingerprint density at radius 1 is 1.33 bits per heavy atom. The molecule has 2 unspecified atom stereocenters. The van der Waals surface area contributed by atoms with Crippen LogP contribution in [0.4, 0.5) is 4.79 Å². The van der Waals surface area contributed by atoms with Crippen LogP contribution in [0.25, 0.3) is 0 Å². The van der Waals surface area contributed by atoms with Crippen LogP contribution in [-0.2, 0) is 10.0 Å². The smallest absolute Gasteiger partial charge is 0.405 e. The Morgan fingerprint density at radius 2 is 1.95 bits per heavy atom. The molecule has 0 heterocycles. The van der Waals surface area contributed by atoms with Gasteiger partial charge in [-0.25, -0.2) is 17.9 Å². The average molecular weight is 312 g/mol. The van der Waals surface area contributed by atoms with Gasteiger partial charge in [-0.15, -0.1) is 0 Å². The number of rotatable bonds is 4. The van der Waals surface area contributed by atoms with Crippen molar-refractivity contribution in [3.63, 3.8) is 0 Å². The molecule has 1 aliphatic rings. The summed E-state index contributed by atoms with van der Waals surface area (Å²) in [5.74, 6) is 0. The van der Waals surface area contributed by atoms with E-state index in [1.807, 2.05) is 6.92 Å². The van der Waals surface area contributed by atoms with Gasteiger partial charge in [-0.1, -0.05) is 17.7 Å². The quantitative estimate of drug-likeness (QED) is 0.790. The molecule has 0 radical (unpaired) electrons. The zero-order valence-corrected chi connectivity index (χ0v) is 12.9. The maximum atomic E-state index is 12.4. The van der Waals surface area contributed by atoms with Gasteiger partial charge in [0.2, 0.25) is 10.0 Å². The van der Waals surface area contributed by atoms with Gasteiger partial charge in [-0.2, -0.15) is 0 Å². The molecule has 6 nitrogen and oxygen atoms in total. The Hall–Kier alpha value is -1.60. The van der Waals surface area contributed by atoms with Crippen molar-refractivity contribution in [3.05, 3.63) is 29.8 Å². The van der Waals surface area contributed by atoms with E-state index in [4.69, 9.17) is 5.11 Å². The molecule has 1 aromatic carbocycles. The fourth-order valence-electron chi connectivity index (χ4n) is 2.72. The molecule has 3 N–H and O–H groups in total. The Bertz CT molecular complexity index is 627. The Morgan fingerprint density at radius 3 is 2.52 bits per heavy atom. The van der Waals surface area contributed by atoms with E-state index in [1.165, 1.54) is 0 Å². The summed E-state index contributed by atoms with van der Waals surface area (Å²) in [7, 11) is -3.65. The third-order valence-corrected chi connectivity index (χ3v) is 5.47. The highest BCUT2D eigenvalue weighted by molar-refractivity contribution is 7.89. The lowest BCUT2D eigenvalue weighted by Gasteiger charge is -2.31. The molecule has 1 aliphatic carbocycles. The zero-order chi connectivity index (χ0) is 15.7. The second kappa shape index (κ2) is 5.65.